The molecule has 1 N–H and O–H groups in total. The Bertz CT molecular complexity index is 1340. The molecular weight excluding hydrogens is 455 g/mol. The van der Waals surface area contributed by atoms with Crippen LogP contribution in [0.25, 0.3) is 11.0 Å². The lowest BCUT2D eigenvalue weighted by molar-refractivity contribution is -0.158. The molecule has 10 heteroatoms. The number of nitrogens with zero attached hydrogens (tertiary/aromatic N) is 1. The molecule has 0 saturated heterocycles. The number of allylic oxidation sites excluding steroid dienone is 4. The first-order chi connectivity index (χ1) is 16.1. The number of rotatable bonds is 4. The second-order valence-corrected chi connectivity index (χ2v) is 8.22. The Kier molecular flexibility index (Phi) is 5.03. The molecule has 0 bridgehead atoms. The van der Waals surface area contributed by atoms with Crippen LogP contribution < -0.4 is 14.2 Å². The van der Waals surface area contributed by atoms with Gasteiger partial charge in [-0.25, -0.2) is 4.79 Å². The van der Waals surface area contributed by atoms with Crippen molar-refractivity contribution in [2.75, 3.05) is 6.61 Å². The van der Waals surface area contributed by atoms with Crippen molar-refractivity contribution in [1.82, 2.24) is 5.16 Å². The minimum absolute atomic E-state index is 0.122. The van der Waals surface area contributed by atoms with E-state index in [1.54, 1.807) is 30.3 Å². The third-order valence-electron chi connectivity index (χ3n) is 5.69. The summed E-state index contributed by atoms with van der Waals surface area (Å²) in [5, 5.41) is 14.1. The Morgan fingerprint density at radius 2 is 1.94 bits per heavy atom. The van der Waals surface area contributed by atoms with Gasteiger partial charge in [-0.1, -0.05) is 23.4 Å². The van der Waals surface area contributed by atoms with Crippen LogP contribution in [0.15, 0.2) is 64.7 Å². The predicted molar refractivity (Wildman–Crippen MR) is 113 cm³/mol. The molecule has 0 saturated carbocycles. The van der Waals surface area contributed by atoms with Gasteiger partial charge in [0.25, 0.3) is 0 Å². The van der Waals surface area contributed by atoms with Crippen molar-refractivity contribution < 1.29 is 41.8 Å². The molecule has 0 amide bonds. The van der Waals surface area contributed by atoms with Gasteiger partial charge in [0.05, 0.1) is 11.3 Å². The number of carboxylic acids is 1. The van der Waals surface area contributed by atoms with E-state index in [0.717, 1.165) is 12.2 Å². The van der Waals surface area contributed by atoms with Crippen LogP contribution in [0.5, 0.6) is 23.0 Å². The smallest absolute Gasteiger partial charge is 0.416 e. The van der Waals surface area contributed by atoms with Crippen LogP contribution in [-0.4, -0.2) is 34.6 Å². The first kappa shape index (κ1) is 21.9. The number of fused-ring (bicyclic) bond motifs is 2. The molecule has 2 atom stereocenters. The molecule has 2 aliphatic rings. The third-order valence-corrected chi connectivity index (χ3v) is 5.69. The van der Waals surface area contributed by atoms with Gasteiger partial charge in [0, 0.05) is 23.4 Å². The molecule has 34 heavy (non-hydrogen) atoms. The summed E-state index contributed by atoms with van der Waals surface area (Å²) in [6.07, 6.45) is -0.523. The zero-order valence-electron chi connectivity index (χ0n) is 17.8. The second kappa shape index (κ2) is 7.82. The number of alkyl halides is 3. The highest BCUT2D eigenvalue weighted by Crippen LogP contribution is 2.40. The number of carbonyl (C=O) groups is 1. The molecule has 1 aliphatic heterocycles. The highest BCUT2D eigenvalue weighted by Gasteiger charge is 2.41. The van der Waals surface area contributed by atoms with Gasteiger partial charge in [-0.2, -0.15) is 13.2 Å². The van der Waals surface area contributed by atoms with Crippen LogP contribution in [0.1, 0.15) is 25.0 Å². The van der Waals surface area contributed by atoms with E-state index in [1.807, 2.05) is 0 Å². The number of ether oxygens (including phenoxy) is 3. The van der Waals surface area contributed by atoms with E-state index < -0.39 is 23.3 Å². The van der Waals surface area contributed by atoms with Crippen molar-refractivity contribution in [2.24, 2.45) is 0 Å². The van der Waals surface area contributed by atoms with E-state index in [-0.39, 0.29) is 24.7 Å². The van der Waals surface area contributed by atoms with E-state index in [4.69, 9.17) is 18.7 Å². The largest absolute Gasteiger partial charge is 0.485 e. The van der Waals surface area contributed by atoms with Crippen LogP contribution in [0.3, 0.4) is 0 Å². The molecule has 2 aromatic carbocycles. The third kappa shape index (κ3) is 3.95. The van der Waals surface area contributed by atoms with Gasteiger partial charge in [0.1, 0.15) is 18.1 Å². The Morgan fingerprint density at radius 3 is 2.65 bits per heavy atom. The van der Waals surface area contributed by atoms with E-state index >= 15 is 0 Å². The first-order valence-corrected chi connectivity index (χ1v) is 10.3. The van der Waals surface area contributed by atoms with Crippen molar-refractivity contribution in [3.05, 3.63) is 65.9 Å². The van der Waals surface area contributed by atoms with Crippen molar-refractivity contribution >= 4 is 16.9 Å². The maximum Gasteiger partial charge on any atom is 0.416 e. The van der Waals surface area contributed by atoms with Crippen molar-refractivity contribution in [3.8, 4) is 23.0 Å². The highest BCUT2D eigenvalue weighted by molar-refractivity contribution is 5.82. The first-order valence-electron chi connectivity index (χ1n) is 10.3. The molecule has 0 radical (unpaired) electrons. The molecule has 0 spiro atoms. The normalized spacial score (nSPS) is 21.9. The molecule has 3 aromatic rings. The Morgan fingerprint density at radius 1 is 1.18 bits per heavy atom. The molecule has 7 nitrogen and oxygen atoms in total. The van der Waals surface area contributed by atoms with Crippen LogP contribution in [0.2, 0.25) is 0 Å². The van der Waals surface area contributed by atoms with Crippen molar-refractivity contribution in [3.63, 3.8) is 0 Å². The Hall–Kier alpha value is -3.95. The van der Waals surface area contributed by atoms with Crippen molar-refractivity contribution in [1.29, 1.82) is 0 Å². The number of hydrogen-bond donors (Lipinski definition) is 1. The van der Waals surface area contributed by atoms with Crippen molar-refractivity contribution in [2.45, 2.75) is 31.0 Å². The fraction of sp³-hybridized carbons (Fsp3) is 0.250. The molecule has 176 valence electrons. The van der Waals surface area contributed by atoms with E-state index in [1.165, 1.54) is 19.1 Å². The summed E-state index contributed by atoms with van der Waals surface area (Å²) in [4.78, 5) is 11.5. The molecule has 2 heterocycles. The summed E-state index contributed by atoms with van der Waals surface area (Å²) in [6.45, 7) is 1.30. The zero-order valence-corrected chi connectivity index (χ0v) is 17.8. The maximum absolute atomic E-state index is 12.8. The van der Waals surface area contributed by atoms with Crippen LogP contribution in [0, 0.1) is 0 Å². The van der Waals surface area contributed by atoms with Gasteiger partial charge < -0.3 is 23.8 Å². The van der Waals surface area contributed by atoms with Crippen LogP contribution in [-0.2, 0) is 4.79 Å². The maximum atomic E-state index is 12.8. The summed E-state index contributed by atoms with van der Waals surface area (Å²) in [5.41, 5.74) is -1.22. The molecule has 0 fully saturated rings. The number of aromatic nitrogens is 1. The molecule has 1 unspecified atom stereocenters. The van der Waals surface area contributed by atoms with Gasteiger partial charge in [-0.05, 0) is 37.6 Å². The molecule has 1 aromatic heterocycles. The summed E-state index contributed by atoms with van der Waals surface area (Å²) >= 11 is 0. The van der Waals surface area contributed by atoms with E-state index in [9.17, 15) is 23.1 Å². The molecule has 5 rings (SSSR count). The SMILES string of the molecule is C[C@]1(C(=O)O)COc2ccc(Oc3ccc4c(C5C=CC(C(F)(F)F)=CC5)noc4c3)cc2O1. The van der Waals surface area contributed by atoms with E-state index in [2.05, 4.69) is 5.16 Å². The Labute approximate surface area is 191 Å². The molecular formula is C24H18F3NO6. The summed E-state index contributed by atoms with van der Waals surface area (Å²) in [6, 6.07) is 9.84. The lowest BCUT2D eigenvalue weighted by Gasteiger charge is -2.32. The van der Waals surface area contributed by atoms with Crippen LogP contribution in [0.4, 0.5) is 13.2 Å². The lowest BCUT2D eigenvalue weighted by atomic mass is 9.92. The topological polar surface area (TPSA) is 91.0 Å². The van der Waals surface area contributed by atoms with Gasteiger partial charge in [-0.3, -0.25) is 0 Å². The van der Waals surface area contributed by atoms with Crippen LogP contribution >= 0.6 is 0 Å². The average molecular weight is 473 g/mol. The number of hydrogen-bond acceptors (Lipinski definition) is 6. The highest BCUT2D eigenvalue weighted by atomic mass is 19.4. The quantitative estimate of drug-likeness (QED) is 0.515. The van der Waals surface area contributed by atoms with Gasteiger partial charge in [0.15, 0.2) is 17.1 Å². The average Bonchev–Trinajstić information content (AvgIpc) is 3.21. The number of benzene rings is 2. The summed E-state index contributed by atoms with van der Waals surface area (Å²) in [5.74, 6) is -0.0198. The Balaban J connectivity index is 1.35. The minimum Gasteiger partial charge on any atom is -0.485 e. The van der Waals surface area contributed by atoms with E-state index in [0.29, 0.717) is 33.9 Å². The fourth-order valence-corrected chi connectivity index (χ4v) is 3.78. The summed E-state index contributed by atoms with van der Waals surface area (Å²) in [7, 11) is 0. The second-order valence-electron chi connectivity index (χ2n) is 8.22. The number of aliphatic carboxylic acids is 1. The predicted octanol–water partition coefficient (Wildman–Crippen LogP) is 5.77. The lowest BCUT2D eigenvalue weighted by Crippen LogP contribution is -2.49. The minimum atomic E-state index is -4.38. The monoisotopic (exact) mass is 473 g/mol. The number of halogens is 3. The zero-order chi connectivity index (χ0) is 24.1. The van der Waals surface area contributed by atoms with Gasteiger partial charge >= 0.3 is 12.1 Å². The summed E-state index contributed by atoms with van der Waals surface area (Å²) < 4.78 is 60.9. The molecule has 1 aliphatic carbocycles. The number of carboxylic acid groups (broad SMARTS) is 1. The fourth-order valence-electron chi connectivity index (χ4n) is 3.78. The van der Waals surface area contributed by atoms with Gasteiger partial charge in [0.2, 0.25) is 5.60 Å². The standard InChI is InChI=1S/C24H18F3NO6/c1-23(22(29)30)12-31-18-9-7-16(11-20(18)33-23)32-15-6-8-17-19(10-15)34-28-21(17)13-2-4-14(5-3-13)24(25,26)27/h2,4-11,13H,3,12H2,1H3,(H,29,30)/t13?,23-/m1/s1. The van der Waals surface area contributed by atoms with Gasteiger partial charge in [-0.15, -0.1) is 0 Å².